The Morgan fingerprint density at radius 1 is 1.41 bits per heavy atom. The summed E-state index contributed by atoms with van der Waals surface area (Å²) in [6.45, 7) is 3.98. The predicted molar refractivity (Wildman–Crippen MR) is 74.5 cm³/mol. The summed E-state index contributed by atoms with van der Waals surface area (Å²) < 4.78 is 5.07. The first-order chi connectivity index (χ1) is 8.06. The van der Waals surface area contributed by atoms with E-state index in [0.717, 1.165) is 24.1 Å². The number of ether oxygens (including phenoxy) is 1. The normalized spacial score (nSPS) is 10.4. The molecule has 0 amide bonds. The Balaban J connectivity index is 3.45. The van der Waals surface area contributed by atoms with Crippen molar-refractivity contribution >= 4 is 28.6 Å². The standard InChI is InChI=1S/C12H16INO3/c1-4-6-7-8(5-2)14-10(12(16)17-3)9(13)11(7)15/h4-6H2,1-3H3,(H,14,15). The third kappa shape index (κ3) is 2.88. The number of H-pyrrole nitrogens is 1. The van der Waals surface area contributed by atoms with Gasteiger partial charge in [0, 0.05) is 11.3 Å². The van der Waals surface area contributed by atoms with Gasteiger partial charge in [0.2, 0.25) is 0 Å². The number of carbonyl (C=O) groups is 1. The van der Waals surface area contributed by atoms with Gasteiger partial charge < -0.3 is 9.72 Å². The second-order valence-electron chi connectivity index (χ2n) is 3.70. The van der Waals surface area contributed by atoms with E-state index >= 15 is 0 Å². The van der Waals surface area contributed by atoms with Crippen LogP contribution in [-0.4, -0.2) is 18.1 Å². The molecule has 1 aromatic heterocycles. The van der Waals surface area contributed by atoms with Gasteiger partial charge in [0.25, 0.3) is 0 Å². The molecule has 0 saturated carbocycles. The van der Waals surface area contributed by atoms with Crippen LogP contribution in [0.1, 0.15) is 42.0 Å². The van der Waals surface area contributed by atoms with E-state index in [1.807, 2.05) is 36.4 Å². The molecular formula is C12H16INO3. The zero-order chi connectivity index (χ0) is 13.0. The van der Waals surface area contributed by atoms with Crippen molar-refractivity contribution in [2.24, 2.45) is 0 Å². The van der Waals surface area contributed by atoms with Crippen molar-refractivity contribution in [3.05, 3.63) is 30.7 Å². The second-order valence-corrected chi connectivity index (χ2v) is 4.77. The first-order valence-electron chi connectivity index (χ1n) is 5.58. The van der Waals surface area contributed by atoms with Gasteiger partial charge in [-0.1, -0.05) is 20.3 Å². The van der Waals surface area contributed by atoms with Crippen molar-refractivity contribution in [1.82, 2.24) is 4.98 Å². The Bertz CT molecular complexity index is 479. The summed E-state index contributed by atoms with van der Waals surface area (Å²) in [5.74, 6) is -0.496. The minimum Gasteiger partial charge on any atom is -0.464 e. The van der Waals surface area contributed by atoms with Crippen molar-refractivity contribution in [2.45, 2.75) is 33.1 Å². The molecule has 0 fully saturated rings. The van der Waals surface area contributed by atoms with E-state index in [1.54, 1.807) is 0 Å². The Kier molecular flexibility index (Phi) is 5.17. The molecule has 0 unspecified atom stereocenters. The van der Waals surface area contributed by atoms with E-state index < -0.39 is 5.97 Å². The molecule has 0 atom stereocenters. The van der Waals surface area contributed by atoms with E-state index in [4.69, 9.17) is 0 Å². The van der Waals surface area contributed by atoms with Gasteiger partial charge in [0.1, 0.15) is 5.69 Å². The molecule has 1 rings (SSSR count). The summed E-state index contributed by atoms with van der Waals surface area (Å²) in [6.07, 6.45) is 2.34. The summed E-state index contributed by atoms with van der Waals surface area (Å²) in [5.41, 5.74) is 1.82. The monoisotopic (exact) mass is 349 g/mol. The molecule has 0 aliphatic rings. The van der Waals surface area contributed by atoms with E-state index in [0.29, 0.717) is 9.99 Å². The van der Waals surface area contributed by atoms with Gasteiger partial charge in [-0.05, 0) is 35.4 Å². The number of esters is 1. The van der Waals surface area contributed by atoms with Gasteiger partial charge in [0.05, 0.1) is 10.7 Å². The third-order valence-electron chi connectivity index (χ3n) is 2.58. The first kappa shape index (κ1) is 14.2. The van der Waals surface area contributed by atoms with Crippen LogP contribution in [0.15, 0.2) is 4.79 Å². The number of methoxy groups -OCH3 is 1. The minimum absolute atomic E-state index is 0.0524. The molecular weight excluding hydrogens is 333 g/mol. The second kappa shape index (κ2) is 6.18. The molecule has 0 aliphatic carbocycles. The molecule has 0 aromatic carbocycles. The van der Waals surface area contributed by atoms with Crippen molar-refractivity contribution in [3.8, 4) is 0 Å². The van der Waals surface area contributed by atoms with Gasteiger partial charge in [-0.3, -0.25) is 4.79 Å². The molecule has 1 heterocycles. The lowest BCUT2D eigenvalue weighted by atomic mass is 10.1. The van der Waals surface area contributed by atoms with Gasteiger partial charge in [-0.15, -0.1) is 0 Å². The van der Waals surface area contributed by atoms with E-state index in [1.165, 1.54) is 7.11 Å². The maximum atomic E-state index is 12.1. The van der Waals surface area contributed by atoms with Gasteiger partial charge >= 0.3 is 5.97 Å². The lowest BCUT2D eigenvalue weighted by molar-refractivity contribution is 0.0592. The highest BCUT2D eigenvalue weighted by atomic mass is 127. The van der Waals surface area contributed by atoms with Crippen LogP contribution >= 0.6 is 22.6 Å². The van der Waals surface area contributed by atoms with Gasteiger partial charge in [0.15, 0.2) is 5.43 Å². The van der Waals surface area contributed by atoms with E-state index in [-0.39, 0.29) is 11.1 Å². The number of aryl methyl sites for hydroxylation is 1. The number of hydrogen-bond donors (Lipinski definition) is 1. The van der Waals surface area contributed by atoms with Crippen LogP contribution in [-0.2, 0) is 17.6 Å². The van der Waals surface area contributed by atoms with Crippen LogP contribution in [0.3, 0.4) is 0 Å². The average Bonchev–Trinajstić information content (AvgIpc) is 2.34. The quantitative estimate of drug-likeness (QED) is 0.670. The molecule has 94 valence electrons. The first-order valence-corrected chi connectivity index (χ1v) is 6.66. The summed E-state index contributed by atoms with van der Waals surface area (Å²) in [5, 5.41) is 0. The number of pyridine rings is 1. The SMILES string of the molecule is CCCc1c(CC)[nH]c(C(=O)OC)c(I)c1=O. The summed E-state index contributed by atoms with van der Waals surface area (Å²) in [7, 11) is 1.31. The molecule has 0 aliphatic heterocycles. The van der Waals surface area contributed by atoms with Crippen LogP contribution < -0.4 is 5.43 Å². The topological polar surface area (TPSA) is 59.2 Å². The zero-order valence-corrected chi connectivity index (χ0v) is 12.4. The maximum Gasteiger partial charge on any atom is 0.355 e. The fourth-order valence-corrected chi connectivity index (χ4v) is 2.40. The molecule has 0 bridgehead atoms. The third-order valence-corrected chi connectivity index (χ3v) is 3.61. The predicted octanol–water partition coefficient (Wildman–Crippen LogP) is 2.28. The van der Waals surface area contributed by atoms with Crippen molar-refractivity contribution in [1.29, 1.82) is 0 Å². The van der Waals surface area contributed by atoms with E-state index in [2.05, 4.69) is 9.72 Å². The van der Waals surface area contributed by atoms with Crippen molar-refractivity contribution in [3.63, 3.8) is 0 Å². The molecule has 0 saturated heterocycles. The number of rotatable bonds is 4. The van der Waals surface area contributed by atoms with Crippen LogP contribution in [0.4, 0.5) is 0 Å². The van der Waals surface area contributed by atoms with Gasteiger partial charge in [-0.25, -0.2) is 4.79 Å². The molecule has 5 heteroatoms. The Morgan fingerprint density at radius 2 is 2.06 bits per heavy atom. The molecule has 17 heavy (non-hydrogen) atoms. The van der Waals surface area contributed by atoms with Crippen LogP contribution in [0, 0.1) is 3.57 Å². The number of aromatic nitrogens is 1. The Morgan fingerprint density at radius 3 is 2.53 bits per heavy atom. The summed E-state index contributed by atoms with van der Waals surface area (Å²) in [4.78, 5) is 26.7. The Labute approximate surface area is 114 Å². The lowest BCUT2D eigenvalue weighted by Gasteiger charge is -2.10. The van der Waals surface area contributed by atoms with Crippen molar-refractivity contribution in [2.75, 3.05) is 7.11 Å². The fraction of sp³-hybridized carbons (Fsp3) is 0.500. The molecule has 4 nitrogen and oxygen atoms in total. The average molecular weight is 349 g/mol. The fourth-order valence-electron chi connectivity index (χ4n) is 1.72. The Hall–Kier alpha value is -0.850. The highest BCUT2D eigenvalue weighted by molar-refractivity contribution is 14.1. The zero-order valence-electron chi connectivity index (χ0n) is 10.2. The highest BCUT2D eigenvalue weighted by Crippen LogP contribution is 2.13. The minimum atomic E-state index is -0.496. The molecule has 1 aromatic rings. The number of aromatic amines is 1. The summed E-state index contributed by atoms with van der Waals surface area (Å²) in [6, 6.07) is 0. The van der Waals surface area contributed by atoms with Crippen LogP contribution in [0.25, 0.3) is 0 Å². The molecule has 0 spiro atoms. The number of halogens is 1. The van der Waals surface area contributed by atoms with Crippen molar-refractivity contribution < 1.29 is 9.53 Å². The smallest absolute Gasteiger partial charge is 0.355 e. The molecule has 1 N–H and O–H groups in total. The number of hydrogen-bond acceptors (Lipinski definition) is 3. The van der Waals surface area contributed by atoms with Gasteiger partial charge in [-0.2, -0.15) is 0 Å². The number of nitrogens with one attached hydrogen (secondary N) is 1. The van der Waals surface area contributed by atoms with E-state index in [9.17, 15) is 9.59 Å². The highest BCUT2D eigenvalue weighted by Gasteiger charge is 2.18. The molecule has 0 radical (unpaired) electrons. The lowest BCUT2D eigenvalue weighted by Crippen LogP contribution is -2.23. The van der Waals surface area contributed by atoms with Crippen LogP contribution in [0.2, 0.25) is 0 Å². The van der Waals surface area contributed by atoms with Crippen LogP contribution in [0.5, 0.6) is 0 Å². The maximum absolute atomic E-state index is 12.1. The largest absolute Gasteiger partial charge is 0.464 e. The summed E-state index contributed by atoms with van der Waals surface area (Å²) >= 11 is 1.90. The number of carbonyl (C=O) groups excluding carboxylic acids is 1.